The lowest BCUT2D eigenvalue weighted by Crippen LogP contribution is -2.31. The summed E-state index contributed by atoms with van der Waals surface area (Å²) in [7, 11) is 0. The molecule has 2 aromatic rings. The second-order valence-electron chi connectivity index (χ2n) is 9.10. The minimum atomic E-state index is -1.08. The van der Waals surface area contributed by atoms with Crippen LogP contribution in [0.4, 0.5) is 0 Å². The molecule has 192 valence electrons. The first kappa shape index (κ1) is 26.4. The number of aromatic hydroxyl groups is 4. The molecule has 2 aliphatic rings. The first-order chi connectivity index (χ1) is 18.3. The summed E-state index contributed by atoms with van der Waals surface area (Å²) in [6.45, 7) is 18.0. The molecule has 4 heteroatoms. The fraction of sp³-hybridized carbons (Fsp3) is 0.118. The van der Waals surface area contributed by atoms with E-state index in [0.29, 0.717) is 27.8 Å². The van der Waals surface area contributed by atoms with Gasteiger partial charge in [-0.3, -0.25) is 0 Å². The molecule has 38 heavy (non-hydrogen) atoms. The third kappa shape index (κ3) is 3.52. The molecule has 4 nitrogen and oxygen atoms in total. The van der Waals surface area contributed by atoms with Gasteiger partial charge in [0.1, 0.15) is 0 Å². The van der Waals surface area contributed by atoms with Crippen molar-refractivity contribution in [2.24, 2.45) is 0 Å². The Kier molecular flexibility index (Phi) is 6.93. The van der Waals surface area contributed by atoms with Gasteiger partial charge < -0.3 is 20.4 Å². The Balaban J connectivity index is 2.45. The van der Waals surface area contributed by atoms with Crippen molar-refractivity contribution >= 4 is 11.1 Å². The van der Waals surface area contributed by atoms with Crippen LogP contribution in [0, 0.1) is 0 Å². The van der Waals surface area contributed by atoms with E-state index < -0.39 is 5.41 Å². The van der Waals surface area contributed by atoms with Crippen molar-refractivity contribution in [3.63, 3.8) is 0 Å². The summed E-state index contributed by atoms with van der Waals surface area (Å²) < 4.78 is 0. The molecule has 1 spiro atoms. The number of phenolic OH excluding ortho intramolecular Hbond substituents is 4. The van der Waals surface area contributed by atoms with Crippen molar-refractivity contribution in [2.45, 2.75) is 26.2 Å². The Labute approximate surface area is 223 Å². The highest BCUT2D eigenvalue weighted by Gasteiger charge is 2.52. The van der Waals surface area contributed by atoms with E-state index in [1.807, 2.05) is 57.2 Å². The van der Waals surface area contributed by atoms with Crippen molar-refractivity contribution < 1.29 is 20.4 Å². The maximum absolute atomic E-state index is 10.9. The number of allylic oxidation sites excluding steroid dienone is 15. The van der Waals surface area contributed by atoms with Crippen LogP contribution in [0.25, 0.3) is 11.1 Å². The van der Waals surface area contributed by atoms with Gasteiger partial charge in [-0.25, -0.2) is 0 Å². The highest BCUT2D eigenvalue weighted by molar-refractivity contribution is 6.05. The van der Waals surface area contributed by atoms with Crippen molar-refractivity contribution in [3.8, 4) is 23.0 Å². The van der Waals surface area contributed by atoms with Gasteiger partial charge in [0, 0.05) is 0 Å². The lowest BCUT2D eigenvalue weighted by molar-refractivity contribution is 0.401. The second kappa shape index (κ2) is 9.98. The monoisotopic (exact) mass is 504 g/mol. The predicted octanol–water partition coefficient (Wildman–Crippen LogP) is 7.91. The van der Waals surface area contributed by atoms with Crippen molar-refractivity contribution in [1.29, 1.82) is 0 Å². The van der Waals surface area contributed by atoms with E-state index >= 15 is 0 Å². The van der Waals surface area contributed by atoms with Gasteiger partial charge in [-0.2, -0.15) is 0 Å². The summed E-state index contributed by atoms with van der Waals surface area (Å²) in [4.78, 5) is 0. The van der Waals surface area contributed by atoms with E-state index in [1.54, 1.807) is 36.4 Å². The van der Waals surface area contributed by atoms with E-state index in [1.165, 1.54) is 6.07 Å². The van der Waals surface area contributed by atoms with E-state index in [2.05, 4.69) is 19.7 Å². The second-order valence-corrected chi connectivity index (χ2v) is 9.10. The quantitative estimate of drug-likeness (QED) is 0.312. The molecule has 1 unspecified atom stereocenters. The van der Waals surface area contributed by atoms with E-state index in [4.69, 9.17) is 0 Å². The molecule has 2 aliphatic carbocycles. The largest absolute Gasteiger partial charge is 0.504 e. The highest BCUT2D eigenvalue weighted by atomic mass is 16.3. The Morgan fingerprint density at radius 3 is 1.61 bits per heavy atom. The average molecular weight is 505 g/mol. The lowest BCUT2D eigenvalue weighted by Gasteiger charge is -2.37. The maximum Gasteiger partial charge on any atom is 0.158 e. The van der Waals surface area contributed by atoms with Gasteiger partial charge >= 0.3 is 0 Å². The standard InChI is InChI=1S/C34H32O4/c1-7-13-21-20(10-4)24-16-30(35)32(37)18-28(24)34(29-19-33(38)31(36)17-25(21)29)26(11-5)22(14-8-2)23(15-9-3)27(34)12-6/h7-19,35-38H,2,4,6H2,1,3,5H3/b13-7-,15-9-,22-14-,26-11+. The van der Waals surface area contributed by atoms with Gasteiger partial charge in [0.15, 0.2) is 23.0 Å². The summed E-state index contributed by atoms with van der Waals surface area (Å²) in [5.41, 5.74) is 6.53. The third-order valence-electron chi connectivity index (χ3n) is 7.23. The van der Waals surface area contributed by atoms with Crippen molar-refractivity contribution in [1.82, 2.24) is 0 Å². The Hall–Kier alpha value is -4.70. The lowest BCUT2D eigenvalue weighted by atomic mass is 9.64. The summed E-state index contributed by atoms with van der Waals surface area (Å²) in [5, 5.41) is 43.0. The zero-order valence-corrected chi connectivity index (χ0v) is 21.9. The number of hydrogen-bond donors (Lipinski definition) is 4. The van der Waals surface area contributed by atoms with E-state index in [-0.39, 0.29) is 23.0 Å². The molecule has 0 heterocycles. The van der Waals surface area contributed by atoms with Gasteiger partial charge in [0.05, 0.1) is 5.41 Å². The fourth-order valence-electron chi connectivity index (χ4n) is 5.92. The molecular weight excluding hydrogens is 472 g/mol. The molecule has 1 atom stereocenters. The molecule has 4 N–H and O–H groups in total. The SMILES string of the molecule is C=C/C=C1/C(/C=C\C)=C(C=C)C2(/C1=C/C)c1cc(O)c(O)cc1C(C=C)=C(/C=C\C)c1cc(O)c(O)cc12. The summed E-state index contributed by atoms with van der Waals surface area (Å²) >= 11 is 0. The van der Waals surface area contributed by atoms with Crippen LogP contribution < -0.4 is 0 Å². The molecule has 0 aromatic heterocycles. The molecule has 0 bridgehead atoms. The first-order valence-electron chi connectivity index (χ1n) is 12.4. The van der Waals surface area contributed by atoms with E-state index in [0.717, 1.165) is 27.9 Å². The highest BCUT2D eigenvalue weighted by Crippen LogP contribution is 2.62. The zero-order chi connectivity index (χ0) is 27.8. The van der Waals surface area contributed by atoms with Gasteiger partial charge in [0.2, 0.25) is 0 Å². The zero-order valence-electron chi connectivity index (χ0n) is 21.9. The third-order valence-corrected chi connectivity index (χ3v) is 7.23. The van der Waals surface area contributed by atoms with Crippen LogP contribution >= 0.6 is 0 Å². The van der Waals surface area contributed by atoms with Crippen LogP contribution in [-0.4, -0.2) is 20.4 Å². The normalized spacial score (nSPS) is 21.0. The van der Waals surface area contributed by atoms with Gasteiger partial charge in [-0.15, -0.1) is 0 Å². The van der Waals surface area contributed by atoms with Crippen LogP contribution in [0.3, 0.4) is 0 Å². The van der Waals surface area contributed by atoms with Gasteiger partial charge in [-0.1, -0.05) is 74.4 Å². The maximum atomic E-state index is 10.9. The van der Waals surface area contributed by atoms with Gasteiger partial charge in [0.25, 0.3) is 0 Å². The average Bonchev–Trinajstić information content (AvgIpc) is 3.11. The topological polar surface area (TPSA) is 80.9 Å². The Morgan fingerprint density at radius 2 is 1.16 bits per heavy atom. The molecule has 0 saturated carbocycles. The predicted molar refractivity (Wildman–Crippen MR) is 156 cm³/mol. The van der Waals surface area contributed by atoms with Crippen molar-refractivity contribution in [3.05, 3.63) is 143 Å². The minimum Gasteiger partial charge on any atom is -0.504 e. The molecule has 0 radical (unpaired) electrons. The number of fused-ring (bicyclic) bond motifs is 4. The van der Waals surface area contributed by atoms with Crippen molar-refractivity contribution in [2.75, 3.05) is 0 Å². The molecule has 2 aromatic carbocycles. The van der Waals surface area contributed by atoms with Gasteiger partial charge in [-0.05, 0) is 101 Å². The van der Waals surface area contributed by atoms with Crippen LogP contribution in [0.5, 0.6) is 23.0 Å². The molecule has 0 saturated heterocycles. The summed E-state index contributed by atoms with van der Waals surface area (Å²) in [6.07, 6.45) is 16.9. The minimum absolute atomic E-state index is 0.263. The summed E-state index contributed by atoms with van der Waals surface area (Å²) in [5.74, 6) is -1.09. The molecule has 0 fully saturated rings. The number of hydrogen-bond acceptors (Lipinski definition) is 4. The first-order valence-corrected chi connectivity index (χ1v) is 12.4. The Morgan fingerprint density at radius 1 is 0.658 bits per heavy atom. The number of phenols is 4. The molecule has 0 amide bonds. The Bertz CT molecular complexity index is 1570. The van der Waals surface area contributed by atoms with E-state index in [9.17, 15) is 20.4 Å². The molecular formula is C34H32O4. The van der Waals surface area contributed by atoms with Crippen LogP contribution in [0.15, 0.2) is 121 Å². The summed E-state index contributed by atoms with van der Waals surface area (Å²) in [6, 6.07) is 6.23. The number of rotatable bonds is 5. The molecule has 4 rings (SSSR count). The molecule has 0 aliphatic heterocycles. The number of benzene rings is 2. The van der Waals surface area contributed by atoms with Crippen LogP contribution in [0.2, 0.25) is 0 Å². The van der Waals surface area contributed by atoms with Crippen LogP contribution in [-0.2, 0) is 5.41 Å². The smallest absolute Gasteiger partial charge is 0.158 e. The van der Waals surface area contributed by atoms with Crippen LogP contribution in [0.1, 0.15) is 43.0 Å². The fourth-order valence-corrected chi connectivity index (χ4v) is 5.92.